The number of anilines is 1. The monoisotopic (exact) mass is 477 g/mol. The number of aromatic nitrogens is 4. The lowest BCUT2D eigenvalue weighted by Gasteiger charge is -2.33. The smallest absolute Gasteiger partial charge is 0.299 e. The largest absolute Gasteiger partial charge is 0.417 e. The molecule has 2 aliphatic rings. The molecule has 0 aliphatic carbocycles. The number of thiazole rings is 1. The van der Waals surface area contributed by atoms with Gasteiger partial charge in [0, 0.05) is 31.7 Å². The van der Waals surface area contributed by atoms with Crippen molar-refractivity contribution in [3.8, 4) is 6.07 Å². The fourth-order valence-electron chi connectivity index (χ4n) is 4.59. The molecule has 4 aromatic rings. The zero-order valence-corrected chi connectivity index (χ0v) is 18.9. The van der Waals surface area contributed by atoms with Gasteiger partial charge in [-0.2, -0.15) is 10.2 Å². The zero-order chi connectivity index (χ0) is 23.2. The molecule has 0 spiro atoms. The normalized spacial score (nSPS) is 18.8. The van der Waals surface area contributed by atoms with E-state index in [1.807, 2.05) is 30.3 Å². The molecular weight excluding hydrogens is 457 g/mol. The summed E-state index contributed by atoms with van der Waals surface area (Å²) in [5, 5.41) is 10.4. The predicted molar refractivity (Wildman–Crippen MR) is 122 cm³/mol. The number of fused-ring (bicyclic) bond motifs is 2. The topological polar surface area (TPSA) is 115 Å². The molecule has 5 heterocycles. The third-order valence-electron chi connectivity index (χ3n) is 6.34. The number of benzene rings is 1. The number of rotatable bonds is 3. The van der Waals surface area contributed by atoms with E-state index in [1.165, 1.54) is 11.3 Å². The van der Waals surface area contributed by atoms with Gasteiger partial charge < -0.3 is 19.2 Å². The van der Waals surface area contributed by atoms with E-state index in [9.17, 15) is 14.4 Å². The Bertz CT molecular complexity index is 1380. The van der Waals surface area contributed by atoms with Crippen molar-refractivity contribution in [2.75, 3.05) is 24.5 Å². The van der Waals surface area contributed by atoms with Crippen molar-refractivity contribution in [2.24, 2.45) is 0 Å². The number of para-hydroxylation sites is 1. The summed E-state index contributed by atoms with van der Waals surface area (Å²) in [6, 6.07) is 9.47. The summed E-state index contributed by atoms with van der Waals surface area (Å²) in [5.74, 6) is -0.543. The molecule has 34 heavy (non-hydrogen) atoms. The third kappa shape index (κ3) is 3.42. The molecule has 0 radical (unpaired) electrons. The minimum atomic E-state index is -0.853. The number of oxazole rings is 1. The van der Waals surface area contributed by atoms with Crippen LogP contribution in [0.3, 0.4) is 0 Å². The van der Waals surface area contributed by atoms with Crippen LogP contribution in [-0.2, 0) is 6.42 Å². The lowest BCUT2D eigenvalue weighted by atomic mass is 10.0. The van der Waals surface area contributed by atoms with Crippen LogP contribution in [0, 0.1) is 11.3 Å². The Morgan fingerprint density at radius 3 is 2.85 bits per heavy atom. The number of piperidine rings is 1. The van der Waals surface area contributed by atoms with E-state index in [0.29, 0.717) is 38.9 Å². The minimum absolute atomic E-state index is 0.0711. The van der Waals surface area contributed by atoms with Crippen LogP contribution in [0.1, 0.15) is 51.5 Å². The first-order valence-corrected chi connectivity index (χ1v) is 11.9. The quantitative estimate of drug-likeness (QED) is 0.479. The summed E-state index contributed by atoms with van der Waals surface area (Å²) < 4.78 is 20.4. The molecule has 1 amide bonds. The number of aromatic amines is 1. The van der Waals surface area contributed by atoms with Crippen molar-refractivity contribution < 1.29 is 13.6 Å². The SMILES string of the molecule is N#Cc1nc(N2CCC(F)CC2)oc1C(=O)N1CCc2[nH]cnc2[C@H]1c1nc2ccccc2s1. The minimum Gasteiger partial charge on any atom is -0.417 e. The Morgan fingerprint density at radius 1 is 1.24 bits per heavy atom. The van der Waals surface area contributed by atoms with Gasteiger partial charge in [0.1, 0.15) is 23.3 Å². The Morgan fingerprint density at radius 2 is 2.06 bits per heavy atom. The summed E-state index contributed by atoms with van der Waals surface area (Å²) >= 11 is 1.51. The number of hydrogen-bond donors (Lipinski definition) is 1. The number of hydrogen-bond acceptors (Lipinski definition) is 8. The molecule has 1 atom stereocenters. The van der Waals surface area contributed by atoms with Crippen molar-refractivity contribution >= 4 is 33.5 Å². The maximum Gasteiger partial charge on any atom is 0.299 e. The number of carbonyl (C=O) groups excluding carboxylic acids is 1. The molecule has 11 heteroatoms. The van der Waals surface area contributed by atoms with Crippen LogP contribution in [-0.4, -0.2) is 56.5 Å². The van der Waals surface area contributed by atoms with E-state index in [0.717, 1.165) is 26.6 Å². The number of H-pyrrole nitrogens is 1. The van der Waals surface area contributed by atoms with Crippen LogP contribution in [0.5, 0.6) is 0 Å². The molecule has 0 saturated carbocycles. The van der Waals surface area contributed by atoms with Crippen LogP contribution in [0.4, 0.5) is 10.4 Å². The summed E-state index contributed by atoms with van der Waals surface area (Å²) in [6.07, 6.45) is 2.09. The van der Waals surface area contributed by atoms with E-state index in [1.54, 1.807) is 16.1 Å². The van der Waals surface area contributed by atoms with Gasteiger partial charge in [-0.1, -0.05) is 12.1 Å². The number of imidazole rings is 1. The second-order valence-corrected chi connectivity index (χ2v) is 9.45. The summed E-state index contributed by atoms with van der Waals surface area (Å²) in [6.45, 7) is 1.26. The molecule has 6 rings (SSSR count). The Balaban J connectivity index is 1.38. The lowest BCUT2D eigenvalue weighted by Crippen LogP contribution is -2.41. The van der Waals surface area contributed by atoms with Crippen molar-refractivity contribution in [3.05, 3.63) is 58.4 Å². The van der Waals surface area contributed by atoms with Gasteiger partial charge in [-0.15, -0.1) is 11.3 Å². The van der Waals surface area contributed by atoms with Crippen LogP contribution >= 0.6 is 11.3 Å². The van der Waals surface area contributed by atoms with Gasteiger partial charge in [0.05, 0.1) is 22.2 Å². The van der Waals surface area contributed by atoms with Crippen LogP contribution in [0.15, 0.2) is 35.0 Å². The van der Waals surface area contributed by atoms with E-state index >= 15 is 0 Å². The van der Waals surface area contributed by atoms with Crippen molar-refractivity contribution in [1.82, 2.24) is 24.8 Å². The predicted octanol–water partition coefficient (Wildman–Crippen LogP) is 3.61. The number of nitriles is 1. The van der Waals surface area contributed by atoms with Crippen molar-refractivity contribution in [2.45, 2.75) is 31.5 Å². The van der Waals surface area contributed by atoms with Crippen LogP contribution < -0.4 is 4.90 Å². The Kier molecular flexibility index (Phi) is 5.03. The van der Waals surface area contributed by atoms with E-state index < -0.39 is 18.1 Å². The highest BCUT2D eigenvalue weighted by atomic mass is 32.1. The molecule has 172 valence electrons. The van der Waals surface area contributed by atoms with E-state index in [4.69, 9.17) is 9.40 Å². The summed E-state index contributed by atoms with van der Waals surface area (Å²) in [5.41, 5.74) is 2.48. The average Bonchev–Trinajstić information content (AvgIpc) is 3.60. The van der Waals surface area contributed by atoms with Crippen LogP contribution in [0.25, 0.3) is 10.2 Å². The lowest BCUT2D eigenvalue weighted by molar-refractivity contribution is 0.0657. The molecule has 1 aromatic carbocycles. The maximum atomic E-state index is 13.8. The summed E-state index contributed by atoms with van der Waals surface area (Å²) in [4.78, 5) is 33.9. The fraction of sp³-hybridized carbons (Fsp3) is 0.348. The van der Waals surface area contributed by atoms with Gasteiger partial charge in [-0.05, 0) is 25.0 Å². The van der Waals surface area contributed by atoms with Gasteiger partial charge in [-0.25, -0.2) is 14.4 Å². The standard InChI is InChI=1S/C23H20FN7O2S/c24-13-5-8-30(9-6-13)23-29-16(11-25)20(33-23)22(32)31-10-7-15-18(27-12-26-15)19(31)21-28-14-3-1-2-4-17(14)34-21/h1-4,12-13,19H,5-10H2,(H,26,27)/t19-/m0/s1. The summed E-state index contributed by atoms with van der Waals surface area (Å²) in [7, 11) is 0. The van der Waals surface area contributed by atoms with Gasteiger partial charge >= 0.3 is 0 Å². The Labute approximate surface area is 197 Å². The fourth-order valence-corrected chi connectivity index (χ4v) is 5.67. The van der Waals surface area contributed by atoms with Crippen molar-refractivity contribution in [3.63, 3.8) is 0 Å². The number of carbonyl (C=O) groups is 1. The van der Waals surface area contributed by atoms with Gasteiger partial charge in [-0.3, -0.25) is 4.79 Å². The molecule has 1 N–H and O–H groups in total. The van der Waals surface area contributed by atoms with E-state index in [2.05, 4.69) is 15.0 Å². The molecule has 0 unspecified atom stereocenters. The van der Waals surface area contributed by atoms with E-state index in [-0.39, 0.29) is 17.5 Å². The molecule has 3 aromatic heterocycles. The first-order valence-electron chi connectivity index (χ1n) is 11.1. The third-order valence-corrected chi connectivity index (χ3v) is 7.43. The molecular formula is C23H20FN7O2S. The zero-order valence-electron chi connectivity index (χ0n) is 18.1. The average molecular weight is 478 g/mol. The van der Waals surface area contributed by atoms with Crippen molar-refractivity contribution in [1.29, 1.82) is 5.26 Å². The first-order chi connectivity index (χ1) is 16.6. The second kappa shape index (κ2) is 8.22. The molecule has 9 nitrogen and oxygen atoms in total. The Hall–Kier alpha value is -3.78. The highest BCUT2D eigenvalue weighted by molar-refractivity contribution is 7.18. The van der Waals surface area contributed by atoms with Gasteiger partial charge in [0.25, 0.3) is 11.9 Å². The number of nitrogens with one attached hydrogen (secondary N) is 1. The molecule has 2 aliphatic heterocycles. The number of alkyl halides is 1. The number of nitrogens with zero attached hydrogens (tertiary/aromatic N) is 6. The van der Waals surface area contributed by atoms with Gasteiger partial charge in [0.2, 0.25) is 5.76 Å². The van der Waals surface area contributed by atoms with Crippen LogP contribution in [0.2, 0.25) is 0 Å². The van der Waals surface area contributed by atoms with Gasteiger partial charge in [0.15, 0.2) is 5.69 Å². The molecule has 0 bridgehead atoms. The maximum absolute atomic E-state index is 13.8. The molecule has 1 saturated heterocycles. The first kappa shape index (κ1) is 20.8. The number of amides is 1. The number of halogens is 1. The highest BCUT2D eigenvalue weighted by Crippen LogP contribution is 2.38. The highest BCUT2D eigenvalue weighted by Gasteiger charge is 2.39. The second-order valence-electron chi connectivity index (χ2n) is 8.38. The molecule has 1 fully saturated rings.